The zero-order valence-corrected chi connectivity index (χ0v) is 31.8. The normalized spacial score (nSPS) is 16.1. The molecule has 2 atom stereocenters. The fraction of sp³-hybridized carbons (Fsp3) is 0.111. The van der Waals surface area contributed by atoms with E-state index in [1.165, 1.54) is 70.4 Å². The van der Waals surface area contributed by atoms with Crippen molar-refractivity contribution < 1.29 is 4.42 Å². The molecule has 9 aromatic rings. The van der Waals surface area contributed by atoms with Gasteiger partial charge in [-0.05, 0) is 112 Å². The number of hydrogen-bond donors (Lipinski definition) is 0. The first-order valence-corrected chi connectivity index (χ1v) is 20.3. The largest absolute Gasteiger partial charge is 0.454 e. The van der Waals surface area contributed by atoms with Gasteiger partial charge >= 0.3 is 0 Å². The van der Waals surface area contributed by atoms with Gasteiger partial charge in [-0.1, -0.05) is 146 Å². The van der Waals surface area contributed by atoms with Gasteiger partial charge < -0.3 is 14.2 Å². The zero-order valence-electron chi connectivity index (χ0n) is 31.8. The van der Waals surface area contributed by atoms with Gasteiger partial charge in [0.2, 0.25) is 0 Å². The van der Waals surface area contributed by atoms with Gasteiger partial charge in [-0.3, -0.25) is 0 Å². The molecule has 0 bridgehead atoms. The van der Waals surface area contributed by atoms with Gasteiger partial charge in [0, 0.05) is 45.5 Å². The molecule has 8 aromatic carbocycles. The molecule has 2 heterocycles. The van der Waals surface area contributed by atoms with Crippen LogP contribution in [-0.2, 0) is 0 Å². The van der Waals surface area contributed by atoms with E-state index in [0.29, 0.717) is 12.0 Å². The number of anilines is 5. The number of nitrogens with zero attached hydrogens (tertiary/aromatic N) is 2. The first-order chi connectivity index (χ1) is 28.3. The molecule has 1 aliphatic heterocycles. The van der Waals surface area contributed by atoms with E-state index >= 15 is 0 Å². The highest BCUT2D eigenvalue weighted by Gasteiger charge is 2.40. The maximum absolute atomic E-state index is 6.79. The second kappa shape index (κ2) is 14.0. The third-order valence-electron chi connectivity index (χ3n) is 12.3. The van der Waals surface area contributed by atoms with Gasteiger partial charge in [-0.2, -0.15) is 0 Å². The Kier molecular flexibility index (Phi) is 8.24. The van der Waals surface area contributed by atoms with Crippen LogP contribution in [0.3, 0.4) is 0 Å². The molecule has 0 radical (unpaired) electrons. The molecule has 1 aliphatic carbocycles. The molecule has 0 saturated heterocycles. The van der Waals surface area contributed by atoms with Crippen LogP contribution in [0.15, 0.2) is 199 Å². The summed E-state index contributed by atoms with van der Waals surface area (Å²) in [6.45, 7) is 0. The summed E-state index contributed by atoms with van der Waals surface area (Å²) in [6, 6.07) is 70.9. The van der Waals surface area contributed by atoms with Gasteiger partial charge in [0.05, 0.1) is 5.69 Å². The summed E-state index contributed by atoms with van der Waals surface area (Å²) in [5.41, 5.74) is 16.2. The van der Waals surface area contributed by atoms with Gasteiger partial charge in [0.25, 0.3) is 0 Å². The summed E-state index contributed by atoms with van der Waals surface area (Å²) < 4.78 is 6.79. The Morgan fingerprint density at radius 2 is 1.00 bits per heavy atom. The lowest BCUT2D eigenvalue weighted by Crippen LogP contribution is -2.32. The number of para-hydroxylation sites is 2. The van der Waals surface area contributed by atoms with E-state index in [2.05, 4.69) is 204 Å². The second-order valence-corrected chi connectivity index (χ2v) is 15.6. The van der Waals surface area contributed by atoms with Crippen LogP contribution in [0.5, 0.6) is 0 Å². The Balaban J connectivity index is 1.05. The highest BCUT2D eigenvalue weighted by molar-refractivity contribution is 6.12. The molecule has 1 saturated carbocycles. The van der Waals surface area contributed by atoms with Crippen LogP contribution >= 0.6 is 0 Å². The minimum atomic E-state index is 0.505. The molecule has 0 amide bonds. The molecule has 0 spiro atoms. The van der Waals surface area contributed by atoms with E-state index in [4.69, 9.17) is 4.42 Å². The number of furan rings is 1. The minimum absolute atomic E-state index is 0.505. The number of benzene rings is 8. The summed E-state index contributed by atoms with van der Waals surface area (Å²) in [6.07, 6.45) is 5.09. The van der Waals surface area contributed by atoms with Crippen LogP contribution in [0, 0.1) is 0 Å². The molecule has 3 nitrogen and oxygen atoms in total. The lowest BCUT2D eigenvalue weighted by atomic mass is 9.82. The highest BCUT2D eigenvalue weighted by atomic mass is 16.3. The lowest BCUT2D eigenvalue weighted by Gasteiger charge is -2.34. The first-order valence-electron chi connectivity index (χ1n) is 20.3. The topological polar surface area (TPSA) is 19.6 Å². The van der Waals surface area contributed by atoms with E-state index in [9.17, 15) is 0 Å². The van der Waals surface area contributed by atoms with Crippen molar-refractivity contribution in [2.45, 2.75) is 37.6 Å². The summed E-state index contributed by atoms with van der Waals surface area (Å²) in [4.78, 5) is 5.00. The molecule has 3 heteroatoms. The van der Waals surface area contributed by atoms with Gasteiger partial charge in [-0.25, -0.2) is 0 Å². The molecule has 57 heavy (non-hydrogen) atoms. The monoisotopic (exact) mass is 734 g/mol. The highest BCUT2D eigenvalue weighted by Crippen LogP contribution is 2.52. The SMILES string of the molecule is c1ccc(-c2ccc(-c3ccc(N(c4ccc(N5c6ccccc6C6CCCCC65)cc4)c4cc(-c5ccccc5)cc5c4oc4ccccc45)cc3)cc2)cc1. The van der Waals surface area contributed by atoms with Crippen molar-refractivity contribution in [3.63, 3.8) is 0 Å². The second-order valence-electron chi connectivity index (χ2n) is 15.6. The van der Waals surface area contributed by atoms with Crippen molar-refractivity contribution in [3.05, 3.63) is 200 Å². The maximum atomic E-state index is 6.79. The Morgan fingerprint density at radius 1 is 0.456 bits per heavy atom. The molecule has 1 aromatic heterocycles. The van der Waals surface area contributed by atoms with Crippen LogP contribution in [-0.4, -0.2) is 6.04 Å². The molecule has 11 rings (SSSR count). The Hall–Kier alpha value is -6.84. The van der Waals surface area contributed by atoms with E-state index in [0.717, 1.165) is 44.6 Å². The van der Waals surface area contributed by atoms with E-state index < -0.39 is 0 Å². The summed E-state index contributed by atoms with van der Waals surface area (Å²) >= 11 is 0. The quantitative estimate of drug-likeness (QED) is 0.163. The summed E-state index contributed by atoms with van der Waals surface area (Å²) in [7, 11) is 0. The standard InChI is InChI=1S/C54H42N2O/c1-3-13-37(14-4-1)39-23-25-40(26-24-39)41-27-29-43(30-28-41)55(44-31-33-45(34-32-44)56-50-20-10-7-17-46(50)47-18-8-11-21-51(47)56)52-36-42(38-15-5-2-6-16-38)35-49-48-19-9-12-22-53(48)57-54(49)52/h1-7,9-10,12-17,19-20,22-36,47,51H,8,11,18,21H2. The number of rotatable bonds is 7. The van der Waals surface area contributed by atoms with Crippen LogP contribution < -0.4 is 9.80 Å². The van der Waals surface area contributed by atoms with E-state index in [1.54, 1.807) is 0 Å². The molecule has 274 valence electrons. The van der Waals surface area contributed by atoms with Crippen molar-refractivity contribution >= 4 is 50.4 Å². The molecule has 2 unspecified atom stereocenters. The third-order valence-corrected chi connectivity index (χ3v) is 12.3. The Bertz CT molecular complexity index is 2840. The molecular formula is C54H42N2O. The average Bonchev–Trinajstić information content (AvgIpc) is 3.84. The van der Waals surface area contributed by atoms with Crippen molar-refractivity contribution in [1.82, 2.24) is 0 Å². The first kappa shape index (κ1) is 33.5. The smallest absolute Gasteiger partial charge is 0.159 e. The molecular weight excluding hydrogens is 693 g/mol. The van der Waals surface area contributed by atoms with Crippen LogP contribution in [0.25, 0.3) is 55.3 Å². The lowest BCUT2D eigenvalue weighted by molar-refractivity contribution is 0.402. The Labute approximate surface area is 334 Å². The molecule has 1 fully saturated rings. The maximum Gasteiger partial charge on any atom is 0.159 e. The van der Waals surface area contributed by atoms with Gasteiger partial charge in [0.1, 0.15) is 5.58 Å². The van der Waals surface area contributed by atoms with Crippen LogP contribution in [0.1, 0.15) is 37.2 Å². The fourth-order valence-corrected chi connectivity index (χ4v) is 9.56. The number of hydrogen-bond acceptors (Lipinski definition) is 3. The minimum Gasteiger partial charge on any atom is -0.454 e. The number of fused-ring (bicyclic) bond motifs is 6. The third kappa shape index (κ3) is 5.90. The van der Waals surface area contributed by atoms with Crippen molar-refractivity contribution in [1.29, 1.82) is 0 Å². The Morgan fingerprint density at radius 3 is 1.70 bits per heavy atom. The molecule has 0 N–H and O–H groups in total. The molecule has 2 aliphatic rings. The van der Waals surface area contributed by atoms with Gasteiger partial charge in [0.15, 0.2) is 5.58 Å². The predicted octanol–water partition coefficient (Wildman–Crippen LogP) is 15.2. The zero-order chi connectivity index (χ0) is 37.7. The van der Waals surface area contributed by atoms with Crippen molar-refractivity contribution in [3.8, 4) is 33.4 Å². The van der Waals surface area contributed by atoms with Crippen molar-refractivity contribution in [2.24, 2.45) is 0 Å². The average molecular weight is 735 g/mol. The summed E-state index contributed by atoms with van der Waals surface area (Å²) in [5, 5.41) is 2.22. The van der Waals surface area contributed by atoms with E-state index in [1.807, 2.05) is 0 Å². The van der Waals surface area contributed by atoms with Gasteiger partial charge in [-0.15, -0.1) is 0 Å². The fourth-order valence-electron chi connectivity index (χ4n) is 9.56. The summed E-state index contributed by atoms with van der Waals surface area (Å²) in [5.74, 6) is 0.598. The predicted molar refractivity (Wildman–Crippen MR) is 238 cm³/mol. The van der Waals surface area contributed by atoms with Crippen LogP contribution in [0.4, 0.5) is 28.4 Å². The van der Waals surface area contributed by atoms with Crippen LogP contribution in [0.2, 0.25) is 0 Å². The van der Waals surface area contributed by atoms with E-state index in [-0.39, 0.29) is 0 Å². The van der Waals surface area contributed by atoms with Crippen molar-refractivity contribution in [2.75, 3.05) is 9.80 Å².